The number of allylic oxidation sites excluding steroid dienone is 1. The standard InChI is InChI=1S/C29H44N2O8/c1-14-22(33)16-11-20-29(3)17(24(36-7)26(38-9)27(39-10)28(29)34)12-18(30(4)5)15(2)31(20)19(13-32)21(16)25(37-8)23(14)35-6/h15,17-20,32-34H,11-13H2,1-10H3/t15-,17?,18?,19-,20-,29?/m0/s1. The van der Waals surface area contributed by atoms with Crippen LogP contribution in [0.3, 0.4) is 0 Å². The third-order valence-electron chi connectivity index (χ3n) is 9.47. The SMILES string of the molecule is COC1=C(OC)C2CC(N(C)C)[C@H](C)N3[C@@H](Cc4c(O)c(C)c(OC)c(OC)c4[C@@H]3CO)C2(C)C(O)=C1OC. The van der Waals surface area contributed by atoms with Gasteiger partial charge in [-0.25, -0.2) is 0 Å². The summed E-state index contributed by atoms with van der Waals surface area (Å²) < 4.78 is 29.0. The molecule has 0 aromatic heterocycles. The van der Waals surface area contributed by atoms with E-state index in [4.69, 9.17) is 23.7 Å². The van der Waals surface area contributed by atoms with Gasteiger partial charge in [0.2, 0.25) is 11.5 Å². The van der Waals surface area contributed by atoms with Crippen LogP contribution in [0.5, 0.6) is 17.2 Å². The number of rotatable bonds is 7. The van der Waals surface area contributed by atoms with Gasteiger partial charge in [0.25, 0.3) is 0 Å². The fourth-order valence-corrected chi connectivity index (χ4v) is 7.54. The Morgan fingerprint density at radius 1 is 0.949 bits per heavy atom. The predicted octanol–water partition coefficient (Wildman–Crippen LogP) is 3.26. The van der Waals surface area contributed by atoms with E-state index in [9.17, 15) is 15.3 Å². The summed E-state index contributed by atoms with van der Waals surface area (Å²) in [5.41, 5.74) is 1.02. The lowest BCUT2D eigenvalue weighted by molar-refractivity contribution is -0.0431. The third kappa shape index (κ3) is 3.94. The quantitative estimate of drug-likeness (QED) is 0.469. The molecule has 0 spiro atoms. The van der Waals surface area contributed by atoms with Gasteiger partial charge in [-0.2, -0.15) is 0 Å². The maximum Gasteiger partial charge on any atom is 0.202 e. The van der Waals surface area contributed by atoms with E-state index >= 15 is 0 Å². The second-order valence-corrected chi connectivity index (χ2v) is 11.1. The van der Waals surface area contributed by atoms with Gasteiger partial charge in [-0.15, -0.1) is 0 Å². The molecule has 0 bridgehead atoms. The van der Waals surface area contributed by atoms with Gasteiger partial charge in [0, 0.05) is 40.7 Å². The Labute approximate surface area is 231 Å². The molecule has 4 rings (SSSR count). The smallest absolute Gasteiger partial charge is 0.202 e. The molecule has 1 saturated heterocycles. The summed E-state index contributed by atoms with van der Waals surface area (Å²) in [7, 11) is 11.8. The van der Waals surface area contributed by atoms with E-state index in [1.807, 2.05) is 21.0 Å². The fraction of sp³-hybridized carbons (Fsp3) is 0.655. The molecule has 218 valence electrons. The second kappa shape index (κ2) is 10.6. The first-order chi connectivity index (χ1) is 18.5. The number of likely N-dealkylation sites (N-methyl/N-ethyl adjacent to an activating group) is 1. The van der Waals surface area contributed by atoms with E-state index in [0.29, 0.717) is 52.5 Å². The van der Waals surface area contributed by atoms with Crippen molar-refractivity contribution in [1.29, 1.82) is 0 Å². The molecule has 3 unspecified atom stereocenters. The van der Waals surface area contributed by atoms with Gasteiger partial charge in [-0.3, -0.25) is 4.90 Å². The van der Waals surface area contributed by atoms with E-state index in [-0.39, 0.29) is 47.9 Å². The van der Waals surface area contributed by atoms with Crippen molar-refractivity contribution < 1.29 is 39.0 Å². The number of aromatic hydroxyl groups is 1. The number of hydrogen-bond acceptors (Lipinski definition) is 10. The average Bonchev–Trinajstić information content (AvgIpc) is 3.02. The summed E-state index contributed by atoms with van der Waals surface area (Å²) in [5.74, 6) is 2.03. The van der Waals surface area contributed by atoms with E-state index < -0.39 is 11.5 Å². The van der Waals surface area contributed by atoms with Gasteiger partial charge < -0.3 is 43.9 Å². The minimum absolute atomic E-state index is 0.0158. The second-order valence-electron chi connectivity index (χ2n) is 11.1. The van der Waals surface area contributed by atoms with Gasteiger partial charge in [0.15, 0.2) is 11.5 Å². The molecule has 10 nitrogen and oxygen atoms in total. The monoisotopic (exact) mass is 548 g/mol. The Kier molecular flexibility index (Phi) is 7.95. The molecule has 0 radical (unpaired) electrons. The lowest BCUT2D eigenvalue weighted by atomic mass is 9.62. The summed E-state index contributed by atoms with van der Waals surface area (Å²) in [6.45, 7) is 5.73. The van der Waals surface area contributed by atoms with Crippen molar-refractivity contribution in [3.63, 3.8) is 0 Å². The van der Waals surface area contributed by atoms with Crippen molar-refractivity contribution in [3.8, 4) is 17.2 Å². The normalized spacial score (nSPS) is 30.8. The van der Waals surface area contributed by atoms with Gasteiger partial charge >= 0.3 is 0 Å². The number of benzene rings is 1. The third-order valence-corrected chi connectivity index (χ3v) is 9.47. The highest BCUT2D eigenvalue weighted by Crippen LogP contribution is 2.60. The van der Waals surface area contributed by atoms with E-state index in [0.717, 1.165) is 0 Å². The van der Waals surface area contributed by atoms with Crippen molar-refractivity contribution in [2.75, 3.05) is 56.3 Å². The van der Waals surface area contributed by atoms with Crippen LogP contribution in [0.4, 0.5) is 0 Å². The molecule has 0 amide bonds. The van der Waals surface area contributed by atoms with E-state index in [2.05, 4.69) is 16.7 Å². The maximum absolute atomic E-state index is 12.0. The van der Waals surface area contributed by atoms with E-state index in [1.165, 1.54) is 14.2 Å². The molecule has 1 fully saturated rings. The number of methoxy groups -OCH3 is 5. The van der Waals surface area contributed by atoms with Crippen LogP contribution in [0.1, 0.15) is 43.0 Å². The van der Waals surface area contributed by atoms with Gasteiger partial charge in [-0.05, 0) is 40.8 Å². The van der Waals surface area contributed by atoms with Crippen LogP contribution < -0.4 is 9.47 Å². The van der Waals surface area contributed by atoms with Gasteiger partial charge in [-0.1, -0.05) is 6.92 Å². The molecule has 1 aromatic rings. The summed E-state index contributed by atoms with van der Waals surface area (Å²) in [5, 5.41) is 34.5. The van der Waals surface area contributed by atoms with Crippen molar-refractivity contribution >= 4 is 0 Å². The Morgan fingerprint density at radius 2 is 1.56 bits per heavy atom. The molecule has 6 atom stereocenters. The van der Waals surface area contributed by atoms with Gasteiger partial charge in [0.05, 0.1) is 53.6 Å². The largest absolute Gasteiger partial charge is 0.508 e. The van der Waals surface area contributed by atoms with Crippen molar-refractivity contribution in [3.05, 3.63) is 39.7 Å². The highest BCUT2D eigenvalue weighted by atomic mass is 16.5. The molecular weight excluding hydrogens is 504 g/mol. The zero-order valence-electron chi connectivity index (χ0n) is 24.8. The molecule has 3 N–H and O–H groups in total. The number of ether oxygens (including phenoxy) is 5. The Balaban J connectivity index is 2.10. The first-order valence-electron chi connectivity index (χ1n) is 13.3. The highest BCUT2D eigenvalue weighted by molar-refractivity contribution is 5.64. The number of aliphatic hydroxyl groups is 2. The fourth-order valence-electron chi connectivity index (χ4n) is 7.54. The summed E-state index contributed by atoms with van der Waals surface area (Å²) in [6, 6.07) is -0.953. The number of fused-ring (bicyclic) bond motifs is 4. The highest BCUT2D eigenvalue weighted by Gasteiger charge is 2.61. The number of nitrogens with zero attached hydrogens (tertiary/aromatic N) is 2. The number of phenols is 1. The van der Waals surface area contributed by atoms with Crippen LogP contribution in [0.25, 0.3) is 0 Å². The predicted molar refractivity (Wildman–Crippen MR) is 146 cm³/mol. The van der Waals surface area contributed by atoms with Crippen LogP contribution in [-0.2, 0) is 20.6 Å². The number of aliphatic hydroxyl groups excluding tert-OH is 2. The minimum Gasteiger partial charge on any atom is -0.508 e. The number of phenolic OH excluding ortho intramolecular Hbond substituents is 1. The Bertz CT molecular complexity index is 1180. The van der Waals surface area contributed by atoms with Crippen LogP contribution in [0.15, 0.2) is 23.0 Å². The summed E-state index contributed by atoms with van der Waals surface area (Å²) >= 11 is 0. The van der Waals surface area contributed by atoms with Crippen molar-refractivity contribution in [1.82, 2.24) is 9.80 Å². The molecule has 0 saturated carbocycles. The topological polar surface area (TPSA) is 113 Å². The van der Waals surface area contributed by atoms with Crippen molar-refractivity contribution in [2.24, 2.45) is 11.3 Å². The summed E-state index contributed by atoms with van der Waals surface area (Å²) in [4.78, 5) is 4.45. The lowest BCUT2D eigenvalue weighted by Gasteiger charge is -2.54. The molecule has 3 aliphatic rings. The lowest BCUT2D eigenvalue weighted by Crippen LogP contribution is -2.59. The zero-order valence-corrected chi connectivity index (χ0v) is 24.8. The van der Waals surface area contributed by atoms with Crippen LogP contribution >= 0.6 is 0 Å². The summed E-state index contributed by atoms with van der Waals surface area (Å²) in [6.07, 6.45) is 1.03. The zero-order chi connectivity index (χ0) is 29.0. The molecule has 2 heterocycles. The van der Waals surface area contributed by atoms with Crippen LogP contribution in [0, 0.1) is 18.3 Å². The molecule has 1 aromatic carbocycles. The first-order valence-corrected chi connectivity index (χ1v) is 13.3. The van der Waals surface area contributed by atoms with Crippen LogP contribution in [-0.4, -0.2) is 99.5 Å². The molecule has 10 heteroatoms. The van der Waals surface area contributed by atoms with Crippen molar-refractivity contribution in [2.45, 2.75) is 57.8 Å². The Morgan fingerprint density at radius 3 is 2.05 bits per heavy atom. The average molecular weight is 549 g/mol. The molecular formula is C29H44N2O8. The molecule has 2 aliphatic heterocycles. The van der Waals surface area contributed by atoms with Gasteiger partial charge in [0.1, 0.15) is 17.3 Å². The molecule has 1 aliphatic carbocycles. The minimum atomic E-state index is -0.920. The number of hydrogen-bond donors (Lipinski definition) is 3. The maximum atomic E-state index is 12.0. The van der Waals surface area contributed by atoms with Crippen LogP contribution in [0.2, 0.25) is 0 Å². The Hall–Kier alpha value is -2.82. The van der Waals surface area contributed by atoms with E-state index in [1.54, 1.807) is 28.3 Å². The molecule has 39 heavy (non-hydrogen) atoms. The first kappa shape index (κ1) is 29.2.